The van der Waals surface area contributed by atoms with Gasteiger partial charge in [0, 0.05) is 42.3 Å². The quantitative estimate of drug-likeness (QED) is 0.359. The SMILES string of the molecule is CCOCCCN(CC(=O)Nc1nc(C)c(C)s1)C(=O)c1cccc([N+](=O)[O-])c1. The molecule has 0 atom stereocenters. The third kappa shape index (κ3) is 6.61. The summed E-state index contributed by atoms with van der Waals surface area (Å²) in [6.45, 7) is 6.74. The second-order valence-corrected chi connectivity index (χ2v) is 7.50. The van der Waals surface area contributed by atoms with Crippen molar-refractivity contribution in [3.63, 3.8) is 0 Å². The fraction of sp³-hybridized carbons (Fsp3) is 0.421. The largest absolute Gasteiger partial charge is 0.382 e. The first-order chi connectivity index (χ1) is 13.8. The van der Waals surface area contributed by atoms with Crippen LogP contribution in [0.4, 0.5) is 10.8 Å². The summed E-state index contributed by atoms with van der Waals surface area (Å²) in [6.07, 6.45) is 0.539. The molecule has 0 radical (unpaired) electrons. The van der Waals surface area contributed by atoms with Gasteiger partial charge in [-0.1, -0.05) is 6.07 Å². The van der Waals surface area contributed by atoms with Crippen LogP contribution in [0.1, 0.15) is 34.3 Å². The summed E-state index contributed by atoms with van der Waals surface area (Å²) in [4.78, 5) is 42.4. The number of thiazole rings is 1. The normalized spacial score (nSPS) is 10.6. The van der Waals surface area contributed by atoms with Crippen LogP contribution in [0, 0.1) is 24.0 Å². The molecular weight excluding hydrogens is 396 g/mol. The summed E-state index contributed by atoms with van der Waals surface area (Å²) in [5.41, 5.74) is 0.819. The number of ether oxygens (including phenoxy) is 1. The van der Waals surface area contributed by atoms with Crippen LogP contribution < -0.4 is 5.32 Å². The van der Waals surface area contributed by atoms with Crippen LogP contribution in [-0.4, -0.2) is 52.9 Å². The molecule has 2 amide bonds. The Labute approximate surface area is 172 Å². The van der Waals surface area contributed by atoms with Gasteiger partial charge in [-0.25, -0.2) is 4.98 Å². The van der Waals surface area contributed by atoms with Crippen LogP contribution >= 0.6 is 11.3 Å². The standard InChI is InChI=1S/C19H24N4O5S/c1-4-28-10-6-9-22(12-17(24)21-19-20-13(2)14(3)29-19)18(25)15-7-5-8-16(11-15)23(26)27/h5,7-8,11H,4,6,9-10,12H2,1-3H3,(H,20,21,24). The number of hydrogen-bond donors (Lipinski definition) is 1. The van der Waals surface area contributed by atoms with Gasteiger partial charge in [0.2, 0.25) is 5.91 Å². The third-order valence-electron chi connectivity index (χ3n) is 4.12. The van der Waals surface area contributed by atoms with Crippen LogP contribution in [0.5, 0.6) is 0 Å². The number of carbonyl (C=O) groups is 2. The highest BCUT2D eigenvalue weighted by atomic mass is 32.1. The molecule has 2 aromatic rings. The number of aromatic nitrogens is 1. The van der Waals surface area contributed by atoms with Crippen molar-refractivity contribution in [1.29, 1.82) is 0 Å². The van der Waals surface area contributed by atoms with Gasteiger partial charge >= 0.3 is 0 Å². The lowest BCUT2D eigenvalue weighted by Gasteiger charge is -2.22. The van der Waals surface area contributed by atoms with Crippen molar-refractivity contribution >= 4 is 34.0 Å². The van der Waals surface area contributed by atoms with E-state index in [9.17, 15) is 19.7 Å². The maximum atomic E-state index is 12.9. The lowest BCUT2D eigenvalue weighted by molar-refractivity contribution is -0.384. The molecule has 1 N–H and O–H groups in total. The Kier molecular flexibility index (Phi) is 8.22. The van der Waals surface area contributed by atoms with Crippen molar-refractivity contribution in [1.82, 2.24) is 9.88 Å². The molecule has 9 nitrogen and oxygen atoms in total. The molecule has 0 saturated heterocycles. The molecule has 0 aliphatic carbocycles. The summed E-state index contributed by atoms with van der Waals surface area (Å²) in [5, 5.41) is 14.2. The summed E-state index contributed by atoms with van der Waals surface area (Å²) < 4.78 is 5.30. The summed E-state index contributed by atoms with van der Waals surface area (Å²) in [6, 6.07) is 5.47. The Bertz CT molecular complexity index is 864. The maximum absolute atomic E-state index is 12.9. The highest BCUT2D eigenvalue weighted by Gasteiger charge is 2.21. The van der Waals surface area contributed by atoms with E-state index in [1.807, 2.05) is 20.8 Å². The number of nitro benzene ring substituents is 1. The molecule has 10 heteroatoms. The molecule has 0 aliphatic rings. The van der Waals surface area contributed by atoms with Gasteiger partial charge in [-0.3, -0.25) is 19.7 Å². The van der Waals surface area contributed by atoms with Gasteiger partial charge < -0.3 is 15.0 Å². The van der Waals surface area contributed by atoms with E-state index in [0.29, 0.717) is 24.8 Å². The third-order valence-corrected chi connectivity index (χ3v) is 5.11. The van der Waals surface area contributed by atoms with Gasteiger partial charge in [-0.2, -0.15) is 0 Å². The Morgan fingerprint density at radius 1 is 1.34 bits per heavy atom. The van der Waals surface area contributed by atoms with Gasteiger partial charge in [0.05, 0.1) is 10.6 Å². The van der Waals surface area contributed by atoms with E-state index in [-0.39, 0.29) is 30.2 Å². The number of rotatable bonds is 10. The average molecular weight is 420 g/mol. The van der Waals surface area contributed by atoms with Crippen molar-refractivity contribution in [3.8, 4) is 0 Å². The van der Waals surface area contributed by atoms with Crippen molar-refractivity contribution in [2.75, 3.05) is 31.6 Å². The zero-order chi connectivity index (χ0) is 21.4. The second-order valence-electron chi connectivity index (χ2n) is 6.29. The molecule has 1 aromatic heterocycles. The summed E-state index contributed by atoms with van der Waals surface area (Å²) in [7, 11) is 0. The molecule has 0 unspecified atom stereocenters. The van der Waals surface area contributed by atoms with Crippen LogP contribution in [0.2, 0.25) is 0 Å². The first kappa shape index (κ1) is 22.4. The number of non-ortho nitro benzene ring substituents is 1. The molecule has 0 fully saturated rings. The van der Waals surface area contributed by atoms with Gasteiger partial charge in [-0.15, -0.1) is 11.3 Å². The first-order valence-electron chi connectivity index (χ1n) is 9.17. The van der Waals surface area contributed by atoms with Crippen molar-refractivity contribution in [3.05, 3.63) is 50.5 Å². The van der Waals surface area contributed by atoms with Gasteiger partial charge in [0.1, 0.15) is 6.54 Å². The number of nitro groups is 1. The number of amides is 2. The highest BCUT2D eigenvalue weighted by molar-refractivity contribution is 7.15. The number of benzene rings is 1. The Morgan fingerprint density at radius 3 is 2.72 bits per heavy atom. The minimum Gasteiger partial charge on any atom is -0.382 e. The van der Waals surface area contributed by atoms with Gasteiger partial charge in [-0.05, 0) is 33.3 Å². The van der Waals surface area contributed by atoms with E-state index in [2.05, 4.69) is 10.3 Å². The lowest BCUT2D eigenvalue weighted by atomic mass is 10.1. The predicted molar refractivity (Wildman–Crippen MR) is 110 cm³/mol. The highest BCUT2D eigenvalue weighted by Crippen LogP contribution is 2.21. The van der Waals surface area contributed by atoms with Crippen LogP contribution in [-0.2, 0) is 9.53 Å². The number of anilines is 1. The summed E-state index contributed by atoms with van der Waals surface area (Å²) in [5.74, 6) is -0.833. The molecule has 0 saturated carbocycles. The fourth-order valence-corrected chi connectivity index (χ4v) is 3.38. The number of nitrogens with one attached hydrogen (secondary N) is 1. The van der Waals surface area contributed by atoms with Crippen molar-refractivity contribution in [2.24, 2.45) is 0 Å². The lowest BCUT2D eigenvalue weighted by Crippen LogP contribution is -2.39. The Morgan fingerprint density at radius 2 is 2.10 bits per heavy atom. The number of hydrogen-bond acceptors (Lipinski definition) is 7. The Balaban J connectivity index is 2.12. The van der Waals surface area contributed by atoms with E-state index in [0.717, 1.165) is 10.6 Å². The van der Waals surface area contributed by atoms with E-state index < -0.39 is 10.8 Å². The monoisotopic (exact) mass is 420 g/mol. The molecular formula is C19H24N4O5S. The molecule has 1 heterocycles. The zero-order valence-corrected chi connectivity index (χ0v) is 17.5. The van der Waals surface area contributed by atoms with E-state index in [1.54, 1.807) is 0 Å². The number of carbonyl (C=O) groups excluding carboxylic acids is 2. The summed E-state index contributed by atoms with van der Waals surface area (Å²) >= 11 is 1.36. The minimum atomic E-state index is -0.559. The molecule has 2 rings (SSSR count). The number of nitrogens with zero attached hydrogens (tertiary/aromatic N) is 3. The van der Waals surface area contributed by atoms with Crippen LogP contribution in [0.25, 0.3) is 0 Å². The zero-order valence-electron chi connectivity index (χ0n) is 16.6. The first-order valence-corrected chi connectivity index (χ1v) is 9.98. The molecule has 29 heavy (non-hydrogen) atoms. The molecule has 156 valence electrons. The van der Waals surface area contributed by atoms with Gasteiger partial charge in [0.25, 0.3) is 11.6 Å². The average Bonchev–Trinajstić information content (AvgIpc) is 3.00. The Hall–Kier alpha value is -2.85. The predicted octanol–water partition coefficient (Wildman–Crippen LogP) is 3.18. The minimum absolute atomic E-state index is 0.157. The molecule has 0 spiro atoms. The topological polar surface area (TPSA) is 115 Å². The molecule has 0 bridgehead atoms. The van der Waals surface area contributed by atoms with E-state index in [1.165, 1.54) is 40.5 Å². The van der Waals surface area contributed by atoms with Crippen molar-refractivity contribution < 1.29 is 19.2 Å². The van der Waals surface area contributed by atoms with Gasteiger partial charge in [0.15, 0.2) is 5.13 Å². The second kappa shape index (κ2) is 10.6. The van der Waals surface area contributed by atoms with Crippen molar-refractivity contribution in [2.45, 2.75) is 27.2 Å². The molecule has 0 aliphatic heterocycles. The fourth-order valence-electron chi connectivity index (χ4n) is 2.55. The van der Waals surface area contributed by atoms with Crippen LogP contribution in [0.3, 0.4) is 0 Å². The maximum Gasteiger partial charge on any atom is 0.270 e. The molecule has 1 aromatic carbocycles. The smallest absolute Gasteiger partial charge is 0.270 e. The number of aryl methyl sites for hydroxylation is 2. The van der Waals surface area contributed by atoms with E-state index >= 15 is 0 Å². The van der Waals surface area contributed by atoms with E-state index in [4.69, 9.17) is 4.74 Å². The van der Waals surface area contributed by atoms with Crippen LogP contribution in [0.15, 0.2) is 24.3 Å².